The summed E-state index contributed by atoms with van der Waals surface area (Å²) in [6.07, 6.45) is -4.72. The van der Waals surface area contributed by atoms with Crippen molar-refractivity contribution in [2.24, 2.45) is 0 Å². The Morgan fingerprint density at radius 2 is 2.00 bits per heavy atom. The summed E-state index contributed by atoms with van der Waals surface area (Å²) < 4.78 is 48.5. The third-order valence-electron chi connectivity index (χ3n) is 3.93. The van der Waals surface area contributed by atoms with Gasteiger partial charge in [0.05, 0.1) is 24.9 Å². The average molecular weight is 392 g/mol. The number of methoxy groups -OCH3 is 1. The van der Waals surface area contributed by atoms with Crippen LogP contribution in [0.15, 0.2) is 6.20 Å². The van der Waals surface area contributed by atoms with Crippen LogP contribution in [0.1, 0.15) is 43.5 Å². The Kier molecular flexibility index (Phi) is 6.03. The van der Waals surface area contributed by atoms with E-state index in [-0.39, 0.29) is 6.54 Å². The summed E-state index contributed by atoms with van der Waals surface area (Å²) >= 11 is 0. The third-order valence-corrected chi connectivity index (χ3v) is 3.93. The summed E-state index contributed by atoms with van der Waals surface area (Å²) in [5, 5.41) is 2.60. The molecule has 1 aromatic heterocycles. The minimum Gasteiger partial charge on any atom is -0.444 e. The van der Waals surface area contributed by atoms with Crippen LogP contribution in [0.25, 0.3) is 0 Å². The summed E-state index contributed by atoms with van der Waals surface area (Å²) in [5.74, 6) is -1.21. The van der Waals surface area contributed by atoms with Crippen molar-refractivity contribution in [3.63, 3.8) is 0 Å². The van der Waals surface area contributed by atoms with Crippen molar-refractivity contribution in [2.75, 3.05) is 20.2 Å². The number of alkyl halides is 3. The maximum absolute atomic E-state index is 12.6. The second-order valence-corrected chi connectivity index (χ2v) is 7.21. The molecule has 0 unspecified atom stereocenters. The number of carbonyl (C=O) groups excluding carboxylic acids is 2. The number of piperidine rings is 1. The molecule has 2 heterocycles. The highest BCUT2D eigenvalue weighted by molar-refractivity contribution is 5.90. The lowest BCUT2D eigenvalue weighted by atomic mass is 10.0. The molecule has 0 aliphatic carbocycles. The second kappa shape index (κ2) is 7.75. The summed E-state index contributed by atoms with van der Waals surface area (Å²) in [6.45, 7) is 5.76. The van der Waals surface area contributed by atoms with E-state index in [1.807, 2.05) is 4.98 Å². The summed E-state index contributed by atoms with van der Waals surface area (Å²) in [7, 11) is 1.43. The van der Waals surface area contributed by atoms with E-state index in [0.717, 1.165) is 0 Å². The Bertz CT molecular complexity index is 684. The number of amides is 2. The van der Waals surface area contributed by atoms with Crippen molar-refractivity contribution < 1.29 is 32.2 Å². The van der Waals surface area contributed by atoms with Crippen LogP contribution in [0.3, 0.4) is 0 Å². The lowest BCUT2D eigenvalue weighted by Crippen LogP contribution is -2.56. The summed E-state index contributed by atoms with van der Waals surface area (Å²) in [4.78, 5) is 31.2. The molecule has 27 heavy (non-hydrogen) atoms. The maximum Gasteiger partial charge on any atom is 0.432 e. The SMILES string of the molecule is CO[C@@H]1CN(C(=O)OC(C)(C)C)CC[C@@H]1NC(=O)c1ncc(C(F)(F)F)[nH]1. The van der Waals surface area contributed by atoms with Gasteiger partial charge < -0.3 is 24.7 Å². The number of aromatic nitrogens is 2. The minimum atomic E-state index is -4.61. The van der Waals surface area contributed by atoms with Gasteiger partial charge in [-0.15, -0.1) is 0 Å². The van der Waals surface area contributed by atoms with E-state index in [1.165, 1.54) is 12.0 Å². The molecule has 0 bridgehead atoms. The Balaban J connectivity index is 1.98. The number of ether oxygens (including phenoxy) is 2. The Morgan fingerprint density at radius 3 is 2.52 bits per heavy atom. The van der Waals surface area contributed by atoms with Crippen LogP contribution < -0.4 is 5.32 Å². The Hall–Kier alpha value is -2.30. The molecule has 1 aliphatic rings. The van der Waals surface area contributed by atoms with Crippen molar-refractivity contribution in [3.8, 4) is 0 Å². The van der Waals surface area contributed by atoms with Crippen LogP contribution >= 0.6 is 0 Å². The molecule has 0 spiro atoms. The summed E-state index contributed by atoms with van der Waals surface area (Å²) in [6, 6.07) is -0.486. The molecule has 2 N–H and O–H groups in total. The van der Waals surface area contributed by atoms with Crippen LogP contribution in [0, 0.1) is 0 Å². The summed E-state index contributed by atoms with van der Waals surface area (Å²) in [5.41, 5.74) is -1.74. The van der Waals surface area contributed by atoms with E-state index in [4.69, 9.17) is 9.47 Å². The van der Waals surface area contributed by atoms with Gasteiger partial charge in [0.1, 0.15) is 11.3 Å². The predicted molar refractivity (Wildman–Crippen MR) is 88.1 cm³/mol. The van der Waals surface area contributed by atoms with Gasteiger partial charge in [0, 0.05) is 13.7 Å². The van der Waals surface area contributed by atoms with Crippen molar-refractivity contribution in [1.29, 1.82) is 0 Å². The highest BCUT2D eigenvalue weighted by atomic mass is 19.4. The first-order chi connectivity index (χ1) is 12.4. The van der Waals surface area contributed by atoms with Gasteiger partial charge in [0.25, 0.3) is 5.91 Å². The number of hydrogen-bond donors (Lipinski definition) is 2. The zero-order valence-electron chi connectivity index (χ0n) is 15.5. The second-order valence-electron chi connectivity index (χ2n) is 7.21. The Morgan fingerprint density at radius 1 is 1.33 bits per heavy atom. The molecule has 1 aliphatic heterocycles. The minimum absolute atomic E-state index is 0.183. The number of hydrogen-bond acceptors (Lipinski definition) is 5. The molecule has 1 fully saturated rings. The molecule has 8 nitrogen and oxygen atoms in total. The number of halogens is 3. The number of H-pyrrole nitrogens is 1. The standard InChI is InChI=1S/C16H23F3N4O4/c1-15(2,3)27-14(25)23-6-5-9(10(8-23)26-4)21-13(24)12-20-7-11(22-12)16(17,18)19/h7,9-10H,5-6,8H2,1-4H3,(H,20,22)(H,21,24)/t9-,10+/m0/s1. The quantitative estimate of drug-likeness (QED) is 0.822. The van der Waals surface area contributed by atoms with Gasteiger partial charge in [-0.3, -0.25) is 4.79 Å². The van der Waals surface area contributed by atoms with E-state index < -0.39 is 47.4 Å². The number of rotatable bonds is 3. The van der Waals surface area contributed by atoms with E-state index >= 15 is 0 Å². The molecule has 0 saturated carbocycles. The van der Waals surface area contributed by atoms with Gasteiger partial charge in [-0.1, -0.05) is 0 Å². The first-order valence-electron chi connectivity index (χ1n) is 8.34. The molecule has 2 rings (SSSR count). The largest absolute Gasteiger partial charge is 0.444 e. The number of nitrogens with zero attached hydrogens (tertiary/aromatic N) is 2. The van der Waals surface area contributed by atoms with E-state index in [1.54, 1.807) is 20.8 Å². The monoisotopic (exact) mass is 392 g/mol. The molecule has 0 radical (unpaired) electrons. The highest BCUT2D eigenvalue weighted by Gasteiger charge is 2.36. The van der Waals surface area contributed by atoms with E-state index in [9.17, 15) is 22.8 Å². The van der Waals surface area contributed by atoms with Crippen LogP contribution in [0.4, 0.5) is 18.0 Å². The fraction of sp³-hybridized carbons (Fsp3) is 0.688. The zero-order chi connectivity index (χ0) is 20.4. The lowest BCUT2D eigenvalue weighted by Gasteiger charge is -2.38. The molecule has 1 aromatic rings. The van der Waals surface area contributed by atoms with Crippen molar-refractivity contribution in [1.82, 2.24) is 20.2 Å². The fourth-order valence-corrected chi connectivity index (χ4v) is 2.63. The molecule has 2 atom stereocenters. The van der Waals surface area contributed by atoms with Crippen LogP contribution in [-0.2, 0) is 15.7 Å². The zero-order valence-corrected chi connectivity index (χ0v) is 15.5. The lowest BCUT2D eigenvalue weighted by molar-refractivity contribution is -0.140. The van der Waals surface area contributed by atoms with Crippen LogP contribution in [-0.4, -0.2) is 64.8 Å². The van der Waals surface area contributed by atoms with Crippen LogP contribution in [0.5, 0.6) is 0 Å². The van der Waals surface area contributed by atoms with Gasteiger partial charge in [-0.2, -0.15) is 13.2 Å². The predicted octanol–water partition coefficient (Wildman–Crippen LogP) is 2.18. The maximum atomic E-state index is 12.6. The number of likely N-dealkylation sites (tertiary alicyclic amines) is 1. The van der Waals surface area contributed by atoms with Gasteiger partial charge >= 0.3 is 12.3 Å². The van der Waals surface area contributed by atoms with Crippen LogP contribution in [0.2, 0.25) is 0 Å². The van der Waals surface area contributed by atoms with Gasteiger partial charge in [-0.05, 0) is 27.2 Å². The van der Waals surface area contributed by atoms with Gasteiger partial charge in [0.2, 0.25) is 0 Å². The number of carbonyl (C=O) groups is 2. The first kappa shape index (κ1) is 21.0. The van der Waals surface area contributed by atoms with Gasteiger partial charge in [-0.25, -0.2) is 9.78 Å². The number of imidazole rings is 1. The average Bonchev–Trinajstić information content (AvgIpc) is 3.03. The first-order valence-corrected chi connectivity index (χ1v) is 8.34. The van der Waals surface area contributed by atoms with Crippen molar-refractivity contribution in [3.05, 3.63) is 17.7 Å². The highest BCUT2D eigenvalue weighted by Crippen LogP contribution is 2.27. The Labute approximate surface area is 154 Å². The molecular formula is C16H23F3N4O4. The number of nitrogens with one attached hydrogen (secondary N) is 2. The molecule has 152 valence electrons. The number of aromatic amines is 1. The smallest absolute Gasteiger partial charge is 0.432 e. The molecular weight excluding hydrogens is 369 g/mol. The van der Waals surface area contributed by atoms with Gasteiger partial charge in [0.15, 0.2) is 5.82 Å². The molecule has 0 aromatic carbocycles. The molecule has 2 amide bonds. The topological polar surface area (TPSA) is 96.6 Å². The normalized spacial score (nSPS) is 21.1. The molecule has 1 saturated heterocycles. The fourth-order valence-electron chi connectivity index (χ4n) is 2.63. The van der Waals surface area contributed by atoms with Crippen molar-refractivity contribution in [2.45, 2.75) is 51.1 Å². The molecule has 11 heteroatoms. The van der Waals surface area contributed by atoms with Crippen molar-refractivity contribution >= 4 is 12.0 Å². The third kappa shape index (κ3) is 5.59. The van der Waals surface area contributed by atoms with E-state index in [2.05, 4.69) is 10.3 Å². The van der Waals surface area contributed by atoms with E-state index in [0.29, 0.717) is 19.2 Å².